The third-order valence-corrected chi connectivity index (χ3v) is 1.94. The number of rotatable bonds is 2. The molecular weight excluding hydrogens is 204 g/mol. The van der Waals surface area contributed by atoms with Gasteiger partial charge in [-0.25, -0.2) is 4.79 Å². The fourth-order valence-corrected chi connectivity index (χ4v) is 1.23. The summed E-state index contributed by atoms with van der Waals surface area (Å²) in [6.07, 6.45) is 1.33. The molecule has 1 aromatic carbocycles. The van der Waals surface area contributed by atoms with E-state index in [-0.39, 0.29) is 16.3 Å². The molecule has 0 saturated heterocycles. The quantitative estimate of drug-likeness (QED) is 0.553. The second-order valence-electron chi connectivity index (χ2n) is 2.29. The van der Waals surface area contributed by atoms with E-state index >= 15 is 0 Å². The van der Waals surface area contributed by atoms with Gasteiger partial charge in [-0.15, -0.1) is 0 Å². The molecule has 0 unspecified atom stereocenters. The zero-order valence-electron chi connectivity index (χ0n) is 7.24. The average molecular weight is 209 g/mol. The molecule has 0 aliphatic heterocycles. The van der Waals surface area contributed by atoms with Gasteiger partial charge in [0.25, 0.3) is 0 Å². The molecule has 0 aliphatic carbocycles. The molecule has 0 saturated carbocycles. The lowest BCUT2D eigenvalue weighted by atomic mass is 10.2. The van der Waals surface area contributed by atoms with Crippen LogP contribution in [-0.4, -0.2) is 13.2 Å². The number of ether oxygens (including phenoxy) is 1. The molecule has 1 aromatic rings. The van der Waals surface area contributed by atoms with Gasteiger partial charge in [0.2, 0.25) is 6.08 Å². The standard InChI is InChI=1S/C9H5ClN2O2/c1-14-7-3-2-6(4-11)9(8(7)10)12-5-13/h2-3H,1H3. The number of carbonyl (C=O) groups excluding carboxylic acids is 1. The maximum atomic E-state index is 10.1. The third-order valence-electron chi connectivity index (χ3n) is 1.58. The Kier molecular flexibility index (Phi) is 3.24. The predicted molar refractivity (Wildman–Crippen MR) is 50.5 cm³/mol. The van der Waals surface area contributed by atoms with E-state index in [9.17, 15) is 4.79 Å². The van der Waals surface area contributed by atoms with Gasteiger partial charge in [0.05, 0.1) is 12.7 Å². The molecule has 70 valence electrons. The average Bonchev–Trinajstić information content (AvgIpc) is 2.21. The minimum atomic E-state index is 0.0866. The van der Waals surface area contributed by atoms with Gasteiger partial charge >= 0.3 is 0 Å². The van der Waals surface area contributed by atoms with Crippen molar-refractivity contribution >= 4 is 23.4 Å². The van der Waals surface area contributed by atoms with E-state index in [4.69, 9.17) is 21.6 Å². The second-order valence-corrected chi connectivity index (χ2v) is 2.67. The number of hydrogen-bond acceptors (Lipinski definition) is 4. The fourth-order valence-electron chi connectivity index (χ4n) is 0.949. The summed E-state index contributed by atoms with van der Waals surface area (Å²) in [7, 11) is 1.43. The maximum absolute atomic E-state index is 10.1. The number of aliphatic imine (C=N–C) groups is 1. The predicted octanol–water partition coefficient (Wildman–Crippen LogP) is 2.19. The SMILES string of the molecule is COc1ccc(C#N)c(N=C=O)c1Cl. The van der Waals surface area contributed by atoms with E-state index in [1.807, 2.05) is 6.07 Å². The topological polar surface area (TPSA) is 62.4 Å². The first kappa shape index (κ1) is 10.3. The molecule has 0 aromatic heterocycles. The van der Waals surface area contributed by atoms with Crippen LogP contribution in [0.4, 0.5) is 5.69 Å². The zero-order chi connectivity index (χ0) is 10.6. The van der Waals surface area contributed by atoms with Gasteiger partial charge in [-0.3, -0.25) is 0 Å². The van der Waals surface area contributed by atoms with Crippen molar-refractivity contribution in [3.63, 3.8) is 0 Å². The number of halogens is 1. The third kappa shape index (κ3) is 1.74. The van der Waals surface area contributed by atoms with Crippen molar-refractivity contribution in [2.45, 2.75) is 0 Å². The molecule has 1 rings (SSSR count). The summed E-state index contributed by atoms with van der Waals surface area (Å²) in [6.45, 7) is 0. The highest BCUT2D eigenvalue weighted by molar-refractivity contribution is 6.34. The van der Waals surface area contributed by atoms with Crippen molar-refractivity contribution in [3.05, 3.63) is 22.7 Å². The van der Waals surface area contributed by atoms with Crippen molar-refractivity contribution < 1.29 is 9.53 Å². The van der Waals surface area contributed by atoms with Gasteiger partial charge in [0.15, 0.2) is 0 Å². The van der Waals surface area contributed by atoms with Crippen LogP contribution in [0.25, 0.3) is 0 Å². The van der Waals surface area contributed by atoms with Crippen molar-refractivity contribution in [3.8, 4) is 11.8 Å². The molecule has 0 fully saturated rings. The highest BCUT2D eigenvalue weighted by atomic mass is 35.5. The van der Waals surface area contributed by atoms with Gasteiger partial charge in [-0.2, -0.15) is 10.3 Å². The second kappa shape index (κ2) is 4.43. The molecule has 0 bridgehead atoms. The molecule has 0 spiro atoms. The number of hydrogen-bond donors (Lipinski definition) is 0. The maximum Gasteiger partial charge on any atom is 0.240 e. The van der Waals surface area contributed by atoms with Gasteiger partial charge in [0, 0.05) is 0 Å². The molecule has 0 heterocycles. The van der Waals surface area contributed by atoms with Crippen molar-refractivity contribution in [2.24, 2.45) is 4.99 Å². The van der Waals surface area contributed by atoms with Crippen molar-refractivity contribution in [1.82, 2.24) is 0 Å². The highest BCUT2D eigenvalue weighted by Crippen LogP contribution is 2.36. The minimum absolute atomic E-state index is 0.0866. The van der Waals surface area contributed by atoms with Crippen LogP contribution in [0, 0.1) is 11.3 Å². The number of nitriles is 1. The van der Waals surface area contributed by atoms with E-state index in [0.717, 1.165) is 0 Å². The van der Waals surface area contributed by atoms with Gasteiger partial charge in [0.1, 0.15) is 22.5 Å². The molecule has 0 N–H and O–H groups in total. The van der Waals surface area contributed by atoms with Crippen molar-refractivity contribution in [2.75, 3.05) is 7.11 Å². The van der Waals surface area contributed by atoms with Crippen LogP contribution in [0.15, 0.2) is 17.1 Å². The number of nitrogens with zero attached hydrogens (tertiary/aromatic N) is 2. The summed E-state index contributed by atoms with van der Waals surface area (Å²) < 4.78 is 4.90. The van der Waals surface area contributed by atoms with E-state index in [0.29, 0.717) is 5.75 Å². The first-order valence-electron chi connectivity index (χ1n) is 3.59. The molecule has 0 radical (unpaired) electrons. The van der Waals surface area contributed by atoms with Crippen LogP contribution in [0.2, 0.25) is 5.02 Å². The molecule has 4 nitrogen and oxygen atoms in total. The lowest BCUT2D eigenvalue weighted by Gasteiger charge is -2.04. The first-order valence-corrected chi connectivity index (χ1v) is 3.96. The summed E-state index contributed by atoms with van der Waals surface area (Å²) in [4.78, 5) is 13.4. The Morgan fingerprint density at radius 3 is 2.79 bits per heavy atom. The van der Waals surface area contributed by atoms with E-state index < -0.39 is 0 Å². The largest absolute Gasteiger partial charge is 0.495 e. The summed E-state index contributed by atoms with van der Waals surface area (Å²) >= 11 is 5.82. The van der Waals surface area contributed by atoms with Crippen LogP contribution in [0.3, 0.4) is 0 Å². The number of isocyanates is 1. The summed E-state index contributed by atoms with van der Waals surface area (Å²) in [5.74, 6) is 0.361. The summed E-state index contributed by atoms with van der Waals surface area (Å²) in [5, 5.41) is 8.83. The zero-order valence-corrected chi connectivity index (χ0v) is 8.00. The summed E-state index contributed by atoms with van der Waals surface area (Å²) in [5.41, 5.74) is 0.294. The number of methoxy groups -OCH3 is 1. The van der Waals surface area contributed by atoms with E-state index in [2.05, 4.69) is 4.99 Å². The Bertz CT molecular complexity index is 445. The van der Waals surface area contributed by atoms with E-state index in [1.54, 1.807) is 0 Å². The smallest absolute Gasteiger partial charge is 0.240 e. The Morgan fingerprint density at radius 1 is 1.57 bits per heavy atom. The Morgan fingerprint density at radius 2 is 2.29 bits per heavy atom. The van der Waals surface area contributed by atoms with E-state index in [1.165, 1.54) is 25.3 Å². The minimum Gasteiger partial charge on any atom is -0.495 e. The summed E-state index contributed by atoms with van der Waals surface area (Å²) in [6, 6.07) is 4.87. The van der Waals surface area contributed by atoms with Crippen LogP contribution < -0.4 is 4.74 Å². The molecule has 14 heavy (non-hydrogen) atoms. The van der Waals surface area contributed by atoms with Gasteiger partial charge in [-0.05, 0) is 12.1 Å². The fraction of sp³-hybridized carbons (Fsp3) is 0.111. The molecular formula is C9H5ClN2O2. The Balaban J connectivity index is 3.48. The first-order chi connectivity index (χ1) is 6.74. The molecule has 0 atom stereocenters. The van der Waals surface area contributed by atoms with Gasteiger partial charge in [-0.1, -0.05) is 11.6 Å². The molecule has 0 amide bonds. The van der Waals surface area contributed by atoms with Crippen LogP contribution in [-0.2, 0) is 4.79 Å². The van der Waals surface area contributed by atoms with Crippen LogP contribution >= 0.6 is 11.6 Å². The lowest BCUT2D eigenvalue weighted by Crippen LogP contribution is -1.86. The molecule has 0 aliphatic rings. The lowest BCUT2D eigenvalue weighted by molar-refractivity contribution is 0.415. The highest BCUT2D eigenvalue weighted by Gasteiger charge is 2.11. The number of benzene rings is 1. The normalized spacial score (nSPS) is 8.64. The Hall–Kier alpha value is -1.82. The van der Waals surface area contributed by atoms with Gasteiger partial charge < -0.3 is 4.74 Å². The Labute approximate surface area is 85.4 Å². The van der Waals surface area contributed by atoms with Crippen LogP contribution in [0.1, 0.15) is 5.56 Å². The monoisotopic (exact) mass is 208 g/mol. The molecule has 5 heteroatoms. The van der Waals surface area contributed by atoms with Crippen LogP contribution in [0.5, 0.6) is 5.75 Å². The van der Waals surface area contributed by atoms with Crippen molar-refractivity contribution in [1.29, 1.82) is 5.26 Å².